The van der Waals surface area contributed by atoms with Crippen molar-refractivity contribution in [1.82, 2.24) is 25.4 Å². The zero-order chi connectivity index (χ0) is 20.4. The van der Waals surface area contributed by atoms with E-state index >= 15 is 0 Å². The van der Waals surface area contributed by atoms with Crippen LogP contribution in [0.1, 0.15) is 29.5 Å². The van der Waals surface area contributed by atoms with Crippen molar-refractivity contribution in [3.8, 4) is 5.75 Å². The van der Waals surface area contributed by atoms with Crippen LogP contribution in [0.15, 0.2) is 29.8 Å². The average Bonchev–Trinajstić information content (AvgIpc) is 3.33. The predicted octanol–water partition coefficient (Wildman–Crippen LogP) is 1.25. The van der Waals surface area contributed by atoms with Crippen LogP contribution in [0.4, 0.5) is 0 Å². The number of aryl methyl sites for hydroxylation is 1. The molecule has 3 amide bonds. The van der Waals surface area contributed by atoms with E-state index in [4.69, 9.17) is 4.74 Å². The number of nitrogens with zero attached hydrogens (tertiary/aromatic N) is 3. The highest BCUT2D eigenvalue weighted by Gasteiger charge is 2.32. The fourth-order valence-corrected chi connectivity index (χ4v) is 3.92. The largest absolute Gasteiger partial charge is 0.482 e. The minimum atomic E-state index is -0.492. The normalized spacial score (nSPS) is 16.7. The van der Waals surface area contributed by atoms with Gasteiger partial charge < -0.3 is 10.1 Å². The summed E-state index contributed by atoms with van der Waals surface area (Å²) in [6, 6.07) is 5.41. The first kappa shape index (κ1) is 19.1. The first-order valence-corrected chi connectivity index (χ1v) is 9.98. The lowest BCUT2D eigenvalue weighted by atomic mass is 9.93. The van der Waals surface area contributed by atoms with Gasteiger partial charge in [0.2, 0.25) is 11.8 Å². The lowest BCUT2D eigenvalue weighted by Crippen LogP contribution is -2.39. The summed E-state index contributed by atoms with van der Waals surface area (Å²) in [7, 11) is 1.76. The summed E-state index contributed by atoms with van der Waals surface area (Å²) in [5, 5.41) is 13.1. The molecule has 1 saturated heterocycles. The van der Waals surface area contributed by atoms with Crippen molar-refractivity contribution >= 4 is 40.0 Å². The zero-order valence-electron chi connectivity index (χ0n) is 15.7. The smallest absolute Gasteiger partial charge is 0.258 e. The number of para-hydroxylation sites is 1. The number of amides is 3. The number of rotatable bonds is 6. The van der Waals surface area contributed by atoms with E-state index in [9.17, 15) is 14.4 Å². The molecule has 1 atom stereocenters. The van der Waals surface area contributed by atoms with Crippen LogP contribution in [0.3, 0.4) is 0 Å². The number of benzene rings is 1. The third-order valence-electron chi connectivity index (χ3n) is 4.70. The second kappa shape index (κ2) is 8.00. The molecule has 1 fully saturated rings. The molecule has 9 nitrogen and oxygen atoms in total. The number of carbonyl (C=O) groups is 3. The maximum absolute atomic E-state index is 12.3. The molecule has 2 aromatic heterocycles. The number of ether oxygens (including phenoxy) is 1. The Kier molecular flexibility index (Phi) is 5.26. The predicted molar refractivity (Wildman–Crippen MR) is 105 cm³/mol. The van der Waals surface area contributed by atoms with E-state index in [1.165, 1.54) is 11.3 Å². The minimum absolute atomic E-state index is 0.149. The molecule has 0 bridgehead atoms. The molecule has 0 radical (unpaired) electrons. The second-order valence-electron chi connectivity index (χ2n) is 6.66. The molecular weight excluding hydrogens is 394 g/mol. The topological polar surface area (TPSA) is 115 Å². The third kappa shape index (κ3) is 3.97. The van der Waals surface area contributed by atoms with Crippen molar-refractivity contribution in [2.75, 3.05) is 6.61 Å². The van der Waals surface area contributed by atoms with Crippen molar-refractivity contribution in [3.63, 3.8) is 0 Å². The molecule has 29 heavy (non-hydrogen) atoms. The standard InChI is InChI=1S/C19H19N5O4S/c1-24-18-11(17(23-24)12-5-6-14(25)22-19(12)27)3-2-4-13(18)28-10-15(26)21-9-16-20-7-8-29-16/h2-4,7-8,12H,5-6,9-10H2,1H3,(H,21,26)(H,22,25,27). The summed E-state index contributed by atoms with van der Waals surface area (Å²) in [6.45, 7) is 0.207. The number of hydrogen-bond acceptors (Lipinski definition) is 7. The van der Waals surface area contributed by atoms with Crippen LogP contribution in [0.5, 0.6) is 5.75 Å². The zero-order valence-corrected chi connectivity index (χ0v) is 16.5. The summed E-state index contributed by atoms with van der Waals surface area (Å²) < 4.78 is 7.37. The van der Waals surface area contributed by atoms with Gasteiger partial charge in [0.05, 0.1) is 18.2 Å². The van der Waals surface area contributed by atoms with Crippen molar-refractivity contribution in [2.24, 2.45) is 7.05 Å². The van der Waals surface area contributed by atoms with E-state index in [0.29, 0.717) is 29.9 Å². The SMILES string of the molecule is Cn1nc(C2CCC(=O)NC2=O)c2cccc(OCC(=O)NCc3nccs3)c21. The molecule has 1 aliphatic heterocycles. The van der Waals surface area contributed by atoms with E-state index in [-0.39, 0.29) is 30.7 Å². The number of aromatic nitrogens is 3. The van der Waals surface area contributed by atoms with E-state index in [1.807, 2.05) is 11.4 Å². The third-order valence-corrected chi connectivity index (χ3v) is 5.48. The molecule has 0 aliphatic carbocycles. The minimum Gasteiger partial charge on any atom is -0.482 e. The van der Waals surface area contributed by atoms with E-state index < -0.39 is 5.92 Å². The Hall–Kier alpha value is -3.27. The van der Waals surface area contributed by atoms with Gasteiger partial charge in [0, 0.05) is 30.4 Å². The van der Waals surface area contributed by atoms with Gasteiger partial charge in [0.1, 0.15) is 16.3 Å². The number of thiazole rings is 1. The maximum atomic E-state index is 12.3. The molecule has 150 valence electrons. The number of fused-ring (bicyclic) bond motifs is 1. The van der Waals surface area contributed by atoms with E-state index in [0.717, 1.165) is 10.4 Å². The Morgan fingerprint density at radius 3 is 3.03 bits per heavy atom. The van der Waals surface area contributed by atoms with Gasteiger partial charge in [-0.1, -0.05) is 12.1 Å². The molecule has 10 heteroatoms. The summed E-state index contributed by atoms with van der Waals surface area (Å²) in [5.41, 5.74) is 1.30. The van der Waals surface area contributed by atoms with Crippen LogP contribution >= 0.6 is 11.3 Å². The Labute approximate surface area is 170 Å². The molecule has 4 rings (SSSR count). The van der Waals surface area contributed by atoms with Gasteiger partial charge in [-0.2, -0.15) is 5.10 Å². The second-order valence-corrected chi connectivity index (χ2v) is 7.64. The van der Waals surface area contributed by atoms with Crippen molar-refractivity contribution in [1.29, 1.82) is 0 Å². The molecule has 1 aromatic carbocycles. The number of imide groups is 1. The van der Waals surface area contributed by atoms with Crippen LogP contribution in [-0.4, -0.2) is 39.1 Å². The quantitative estimate of drug-likeness (QED) is 0.588. The maximum Gasteiger partial charge on any atom is 0.258 e. The van der Waals surface area contributed by atoms with Gasteiger partial charge in [0.25, 0.3) is 5.91 Å². The summed E-state index contributed by atoms with van der Waals surface area (Å²) in [4.78, 5) is 39.9. The lowest BCUT2D eigenvalue weighted by molar-refractivity contribution is -0.134. The molecule has 3 heterocycles. The van der Waals surface area contributed by atoms with Gasteiger partial charge in [-0.25, -0.2) is 4.98 Å². The van der Waals surface area contributed by atoms with Crippen LogP contribution in [-0.2, 0) is 28.0 Å². The molecule has 0 spiro atoms. The first-order chi connectivity index (χ1) is 14.0. The summed E-state index contributed by atoms with van der Waals surface area (Å²) in [6.07, 6.45) is 2.39. The fraction of sp³-hybridized carbons (Fsp3) is 0.316. The number of nitrogens with one attached hydrogen (secondary N) is 2. The van der Waals surface area contributed by atoms with Gasteiger partial charge >= 0.3 is 0 Å². The van der Waals surface area contributed by atoms with Crippen LogP contribution in [0, 0.1) is 0 Å². The van der Waals surface area contributed by atoms with Crippen LogP contribution < -0.4 is 15.4 Å². The molecule has 2 N–H and O–H groups in total. The summed E-state index contributed by atoms with van der Waals surface area (Å²) in [5.74, 6) is -0.855. The monoisotopic (exact) mass is 413 g/mol. The highest BCUT2D eigenvalue weighted by atomic mass is 32.1. The number of carbonyl (C=O) groups excluding carboxylic acids is 3. The van der Waals surface area contributed by atoms with E-state index in [1.54, 1.807) is 30.1 Å². The van der Waals surface area contributed by atoms with Gasteiger partial charge in [-0.15, -0.1) is 11.3 Å². The Bertz CT molecular complexity index is 1080. The molecule has 0 saturated carbocycles. The highest BCUT2D eigenvalue weighted by molar-refractivity contribution is 7.09. The van der Waals surface area contributed by atoms with Crippen molar-refractivity contribution < 1.29 is 19.1 Å². The Morgan fingerprint density at radius 1 is 1.41 bits per heavy atom. The molecular formula is C19H19N5O4S. The Balaban J connectivity index is 1.50. The van der Waals surface area contributed by atoms with Crippen LogP contribution in [0.25, 0.3) is 10.9 Å². The summed E-state index contributed by atoms with van der Waals surface area (Å²) >= 11 is 1.47. The van der Waals surface area contributed by atoms with Gasteiger partial charge in [-0.3, -0.25) is 24.4 Å². The van der Waals surface area contributed by atoms with Crippen molar-refractivity contribution in [2.45, 2.75) is 25.3 Å². The number of piperidine rings is 1. The molecule has 1 aliphatic rings. The van der Waals surface area contributed by atoms with Crippen molar-refractivity contribution in [3.05, 3.63) is 40.5 Å². The number of hydrogen-bond donors (Lipinski definition) is 2. The van der Waals surface area contributed by atoms with Crippen LogP contribution in [0.2, 0.25) is 0 Å². The first-order valence-electron chi connectivity index (χ1n) is 9.10. The van der Waals surface area contributed by atoms with Gasteiger partial charge in [0.15, 0.2) is 6.61 Å². The molecule has 3 aromatic rings. The highest BCUT2D eigenvalue weighted by Crippen LogP contribution is 2.34. The van der Waals surface area contributed by atoms with Gasteiger partial charge in [-0.05, 0) is 12.5 Å². The fourth-order valence-electron chi connectivity index (χ4n) is 3.37. The Morgan fingerprint density at radius 2 is 2.28 bits per heavy atom. The van der Waals surface area contributed by atoms with E-state index in [2.05, 4.69) is 20.7 Å². The lowest BCUT2D eigenvalue weighted by Gasteiger charge is -2.19. The average molecular weight is 413 g/mol. The molecule has 1 unspecified atom stereocenters.